The van der Waals surface area contributed by atoms with E-state index in [1.165, 1.54) is 4.90 Å². The molecule has 0 spiro atoms. The molecular formula is C15H21ClN2O2S. The fourth-order valence-corrected chi connectivity index (χ4v) is 2.62. The number of rotatable bonds is 7. The summed E-state index contributed by atoms with van der Waals surface area (Å²) in [5.41, 5.74) is 0. The summed E-state index contributed by atoms with van der Waals surface area (Å²) in [5, 5.41) is 3.47. The highest BCUT2D eigenvalue weighted by atomic mass is 35.5. The quantitative estimate of drug-likeness (QED) is 0.783. The van der Waals surface area contributed by atoms with Crippen LogP contribution in [0.1, 0.15) is 20.3 Å². The second kappa shape index (κ2) is 8.95. The first-order valence-corrected chi connectivity index (χ1v) is 8.16. The first kappa shape index (κ1) is 17.9. The van der Waals surface area contributed by atoms with Crippen LogP contribution in [-0.4, -0.2) is 42.1 Å². The molecule has 6 heteroatoms. The minimum Gasteiger partial charge on any atom is -0.352 e. The number of carbonyl (C=O) groups excluding carboxylic acids is 2. The Balaban J connectivity index is 2.29. The minimum absolute atomic E-state index is 0.0321. The molecule has 21 heavy (non-hydrogen) atoms. The Labute approximate surface area is 135 Å². The molecule has 0 bridgehead atoms. The minimum atomic E-state index is -0.133. The maximum absolute atomic E-state index is 11.9. The number of benzene rings is 1. The molecule has 0 saturated carbocycles. The second-order valence-electron chi connectivity index (χ2n) is 5.02. The molecule has 0 saturated heterocycles. The van der Waals surface area contributed by atoms with Crippen molar-refractivity contribution in [2.45, 2.75) is 31.2 Å². The van der Waals surface area contributed by atoms with Crippen molar-refractivity contribution in [1.82, 2.24) is 10.2 Å². The molecule has 0 unspecified atom stereocenters. The van der Waals surface area contributed by atoms with Crippen LogP contribution >= 0.6 is 23.4 Å². The first-order valence-electron chi connectivity index (χ1n) is 6.80. The Morgan fingerprint density at radius 2 is 1.90 bits per heavy atom. The normalized spacial score (nSPS) is 10.5. The Hall–Kier alpha value is -1.20. The number of hydrogen-bond acceptors (Lipinski definition) is 3. The summed E-state index contributed by atoms with van der Waals surface area (Å²) in [6, 6.07) is 7.60. The number of amides is 2. The molecule has 1 rings (SSSR count). The van der Waals surface area contributed by atoms with Gasteiger partial charge in [-0.25, -0.2) is 0 Å². The van der Waals surface area contributed by atoms with Crippen LogP contribution in [-0.2, 0) is 9.59 Å². The van der Waals surface area contributed by atoms with Crippen molar-refractivity contribution in [2.75, 3.05) is 19.3 Å². The van der Waals surface area contributed by atoms with E-state index < -0.39 is 0 Å². The summed E-state index contributed by atoms with van der Waals surface area (Å²) >= 11 is 7.41. The predicted octanol–water partition coefficient (Wildman–Crippen LogP) is 2.81. The van der Waals surface area contributed by atoms with E-state index in [0.717, 1.165) is 4.90 Å². The fraction of sp³-hybridized carbons (Fsp3) is 0.467. The van der Waals surface area contributed by atoms with Crippen molar-refractivity contribution in [3.05, 3.63) is 29.3 Å². The third kappa shape index (κ3) is 7.39. The Morgan fingerprint density at radius 1 is 1.29 bits per heavy atom. The van der Waals surface area contributed by atoms with E-state index in [0.29, 0.717) is 17.2 Å². The van der Waals surface area contributed by atoms with Crippen LogP contribution in [0.4, 0.5) is 0 Å². The van der Waals surface area contributed by atoms with Gasteiger partial charge >= 0.3 is 0 Å². The predicted molar refractivity (Wildman–Crippen MR) is 87.7 cm³/mol. The van der Waals surface area contributed by atoms with Crippen LogP contribution in [0.15, 0.2) is 29.2 Å². The molecule has 0 radical (unpaired) electrons. The van der Waals surface area contributed by atoms with E-state index in [1.807, 2.05) is 38.1 Å². The zero-order valence-corrected chi connectivity index (χ0v) is 14.1. The molecule has 0 atom stereocenters. The van der Waals surface area contributed by atoms with E-state index in [4.69, 9.17) is 11.6 Å². The molecule has 1 aromatic carbocycles. The van der Waals surface area contributed by atoms with Crippen LogP contribution < -0.4 is 5.32 Å². The van der Waals surface area contributed by atoms with Gasteiger partial charge in [0.2, 0.25) is 11.8 Å². The monoisotopic (exact) mass is 328 g/mol. The van der Waals surface area contributed by atoms with Gasteiger partial charge in [0.05, 0.1) is 6.54 Å². The lowest BCUT2D eigenvalue weighted by atomic mass is 10.3. The molecule has 4 nitrogen and oxygen atoms in total. The molecule has 0 aromatic heterocycles. The fourth-order valence-electron chi connectivity index (χ4n) is 1.65. The Bertz CT molecular complexity index is 477. The summed E-state index contributed by atoms with van der Waals surface area (Å²) in [6.45, 7) is 3.88. The van der Waals surface area contributed by atoms with E-state index in [-0.39, 0.29) is 24.4 Å². The van der Waals surface area contributed by atoms with Gasteiger partial charge in [-0.2, -0.15) is 0 Å². The summed E-state index contributed by atoms with van der Waals surface area (Å²) in [4.78, 5) is 26.0. The molecule has 2 amide bonds. The van der Waals surface area contributed by atoms with Crippen molar-refractivity contribution in [3.8, 4) is 0 Å². The van der Waals surface area contributed by atoms with Gasteiger partial charge in [0.25, 0.3) is 0 Å². The first-order chi connectivity index (χ1) is 9.88. The lowest BCUT2D eigenvalue weighted by Gasteiger charge is -2.17. The van der Waals surface area contributed by atoms with Crippen molar-refractivity contribution in [3.63, 3.8) is 0 Å². The van der Waals surface area contributed by atoms with Gasteiger partial charge in [-0.1, -0.05) is 11.6 Å². The van der Waals surface area contributed by atoms with Gasteiger partial charge in [0, 0.05) is 35.2 Å². The third-order valence-electron chi connectivity index (χ3n) is 2.65. The summed E-state index contributed by atoms with van der Waals surface area (Å²) < 4.78 is 0. The van der Waals surface area contributed by atoms with Gasteiger partial charge in [0.15, 0.2) is 0 Å². The van der Waals surface area contributed by atoms with Gasteiger partial charge < -0.3 is 10.2 Å². The SMILES string of the molecule is CC(C)NC(=O)CN(C)C(=O)CCSc1ccc(Cl)cc1. The largest absolute Gasteiger partial charge is 0.352 e. The van der Waals surface area contributed by atoms with Gasteiger partial charge in [-0.15, -0.1) is 11.8 Å². The van der Waals surface area contributed by atoms with Gasteiger partial charge in [0.1, 0.15) is 0 Å². The topological polar surface area (TPSA) is 49.4 Å². The second-order valence-corrected chi connectivity index (χ2v) is 6.63. The average Bonchev–Trinajstić information content (AvgIpc) is 2.39. The average molecular weight is 329 g/mol. The van der Waals surface area contributed by atoms with Crippen molar-refractivity contribution < 1.29 is 9.59 Å². The third-order valence-corrected chi connectivity index (χ3v) is 3.92. The molecule has 0 aliphatic heterocycles. The highest BCUT2D eigenvalue weighted by molar-refractivity contribution is 7.99. The van der Waals surface area contributed by atoms with Gasteiger partial charge in [-0.3, -0.25) is 9.59 Å². The number of nitrogens with one attached hydrogen (secondary N) is 1. The van der Waals surface area contributed by atoms with Crippen LogP contribution in [0, 0.1) is 0 Å². The molecular weight excluding hydrogens is 308 g/mol. The Morgan fingerprint density at radius 3 is 2.48 bits per heavy atom. The van der Waals surface area contributed by atoms with E-state index >= 15 is 0 Å². The highest BCUT2D eigenvalue weighted by Gasteiger charge is 2.13. The lowest BCUT2D eigenvalue weighted by Crippen LogP contribution is -2.40. The van der Waals surface area contributed by atoms with Crippen molar-refractivity contribution >= 4 is 35.2 Å². The standard InChI is InChI=1S/C15H21ClN2O2S/c1-11(2)17-14(19)10-18(3)15(20)8-9-21-13-6-4-12(16)5-7-13/h4-7,11H,8-10H2,1-3H3,(H,17,19). The smallest absolute Gasteiger partial charge is 0.239 e. The van der Waals surface area contributed by atoms with Crippen LogP contribution in [0.25, 0.3) is 0 Å². The van der Waals surface area contributed by atoms with E-state index in [9.17, 15) is 9.59 Å². The van der Waals surface area contributed by atoms with Crippen LogP contribution in [0.2, 0.25) is 5.02 Å². The number of thioether (sulfide) groups is 1. The molecule has 1 aromatic rings. The summed E-state index contributed by atoms with van der Waals surface area (Å²) in [7, 11) is 1.65. The van der Waals surface area contributed by atoms with Gasteiger partial charge in [-0.05, 0) is 38.1 Å². The van der Waals surface area contributed by atoms with Crippen molar-refractivity contribution in [2.24, 2.45) is 0 Å². The highest BCUT2D eigenvalue weighted by Crippen LogP contribution is 2.21. The number of nitrogens with zero attached hydrogens (tertiary/aromatic N) is 1. The zero-order valence-electron chi connectivity index (χ0n) is 12.6. The van der Waals surface area contributed by atoms with Crippen LogP contribution in [0.5, 0.6) is 0 Å². The maximum Gasteiger partial charge on any atom is 0.239 e. The number of likely N-dealkylation sites (N-methyl/N-ethyl adjacent to an activating group) is 1. The molecule has 0 aliphatic carbocycles. The summed E-state index contributed by atoms with van der Waals surface area (Å²) in [6.07, 6.45) is 0.402. The molecule has 0 fully saturated rings. The van der Waals surface area contributed by atoms with E-state index in [2.05, 4.69) is 5.32 Å². The number of halogens is 1. The zero-order chi connectivity index (χ0) is 15.8. The number of hydrogen-bond donors (Lipinski definition) is 1. The van der Waals surface area contributed by atoms with E-state index in [1.54, 1.807) is 18.8 Å². The van der Waals surface area contributed by atoms with Crippen LogP contribution in [0.3, 0.4) is 0 Å². The molecule has 1 N–H and O–H groups in total. The lowest BCUT2D eigenvalue weighted by molar-refractivity contribution is -0.134. The Kier molecular flexibility index (Phi) is 7.61. The number of carbonyl (C=O) groups is 2. The van der Waals surface area contributed by atoms with Crippen molar-refractivity contribution in [1.29, 1.82) is 0 Å². The summed E-state index contributed by atoms with van der Waals surface area (Å²) in [5.74, 6) is 0.512. The molecule has 0 heterocycles. The maximum atomic E-state index is 11.9. The molecule has 0 aliphatic rings. The molecule has 116 valence electrons.